The Kier molecular flexibility index (Phi) is 3.62. The van der Waals surface area contributed by atoms with E-state index in [9.17, 15) is 4.79 Å². The van der Waals surface area contributed by atoms with E-state index in [-0.39, 0.29) is 5.91 Å². The van der Waals surface area contributed by atoms with Crippen molar-refractivity contribution < 1.29 is 4.79 Å². The lowest BCUT2D eigenvalue weighted by atomic mass is 9.81. The summed E-state index contributed by atoms with van der Waals surface area (Å²) in [4.78, 5) is 11.2. The van der Waals surface area contributed by atoms with E-state index in [0.717, 1.165) is 18.8 Å². The molecule has 1 amide bonds. The Morgan fingerprint density at radius 3 is 2.53 bits per heavy atom. The van der Waals surface area contributed by atoms with Crippen LogP contribution < -0.4 is 10.6 Å². The van der Waals surface area contributed by atoms with Crippen LogP contribution in [0.2, 0.25) is 0 Å². The molecule has 86 valence electrons. The van der Waals surface area contributed by atoms with Gasteiger partial charge in [0.05, 0.1) is 0 Å². The van der Waals surface area contributed by atoms with Gasteiger partial charge in [-0.3, -0.25) is 4.79 Å². The van der Waals surface area contributed by atoms with Crippen molar-refractivity contribution in [1.82, 2.24) is 10.6 Å². The maximum Gasteiger partial charge on any atom is 0.220 e. The Bertz CT molecular complexity index is 224. The maximum absolute atomic E-state index is 11.2. The van der Waals surface area contributed by atoms with E-state index < -0.39 is 0 Å². The summed E-state index contributed by atoms with van der Waals surface area (Å²) in [6, 6.07) is 0.877. The van der Waals surface area contributed by atoms with Crippen LogP contribution in [0.15, 0.2) is 0 Å². The van der Waals surface area contributed by atoms with Gasteiger partial charge in [0.1, 0.15) is 0 Å². The van der Waals surface area contributed by atoms with E-state index in [1.165, 1.54) is 32.1 Å². The summed E-state index contributed by atoms with van der Waals surface area (Å²) in [5.41, 5.74) is 0. The lowest BCUT2D eigenvalue weighted by Gasteiger charge is -2.33. The normalized spacial score (nSPS) is 30.2. The smallest absolute Gasteiger partial charge is 0.220 e. The summed E-state index contributed by atoms with van der Waals surface area (Å²) in [5, 5.41) is 6.52. The highest BCUT2D eigenvalue weighted by atomic mass is 16.1. The first-order valence-corrected chi connectivity index (χ1v) is 6.28. The van der Waals surface area contributed by atoms with Gasteiger partial charge in [-0.25, -0.2) is 0 Å². The van der Waals surface area contributed by atoms with E-state index in [0.29, 0.717) is 12.1 Å². The number of hydrogen-bond acceptors (Lipinski definition) is 2. The molecule has 0 aromatic heterocycles. The topological polar surface area (TPSA) is 41.1 Å². The van der Waals surface area contributed by atoms with Gasteiger partial charge in [-0.15, -0.1) is 0 Å². The molecular weight excluding hydrogens is 188 g/mol. The lowest BCUT2D eigenvalue weighted by Crippen LogP contribution is -2.49. The summed E-state index contributed by atoms with van der Waals surface area (Å²) in [6.45, 7) is 0. The van der Waals surface area contributed by atoms with Crippen molar-refractivity contribution in [2.24, 2.45) is 5.92 Å². The predicted molar refractivity (Wildman–Crippen MR) is 60.6 cm³/mol. The molecule has 2 N–H and O–H groups in total. The minimum absolute atomic E-state index is 0.232. The van der Waals surface area contributed by atoms with E-state index >= 15 is 0 Å². The zero-order valence-electron chi connectivity index (χ0n) is 9.59. The van der Waals surface area contributed by atoms with Crippen LogP contribution in [0.3, 0.4) is 0 Å². The Balaban J connectivity index is 1.93. The minimum Gasteiger partial charge on any atom is -0.352 e. The molecule has 0 bridgehead atoms. The summed E-state index contributed by atoms with van der Waals surface area (Å²) < 4.78 is 0. The van der Waals surface area contributed by atoms with Crippen LogP contribution in [0.1, 0.15) is 44.9 Å². The number of likely N-dealkylation sites (N-methyl/N-ethyl adjacent to an activating group) is 1. The molecule has 1 heterocycles. The van der Waals surface area contributed by atoms with Gasteiger partial charge in [-0.1, -0.05) is 19.3 Å². The van der Waals surface area contributed by atoms with Crippen LogP contribution >= 0.6 is 0 Å². The second-order valence-electron chi connectivity index (χ2n) is 4.93. The fourth-order valence-corrected chi connectivity index (χ4v) is 3.17. The van der Waals surface area contributed by atoms with Crippen LogP contribution in [0.25, 0.3) is 0 Å². The molecule has 1 aliphatic heterocycles. The first kappa shape index (κ1) is 10.9. The second kappa shape index (κ2) is 4.97. The first-order chi connectivity index (χ1) is 7.31. The fourth-order valence-electron chi connectivity index (χ4n) is 3.17. The summed E-state index contributed by atoms with van der Waals surface area (Å²) in [7, 11) is 2.03. The Morgan fingerprint density at radius 1 is 1.27 bits per heavy atom. The van der Waals surface area contributed by atoms with Gasteiger partial charge in [-0.2, -0.15) is 0 Å². The molecule has 0 spiro atoms. The van der Waals surface area contributed by atoms with Gasteiger partial charge in [0.25, 0.3) is 0 Å². The van der Waals surface area contributed by atoms with Crippen molar-refractivity contribution in [2.75, 3.05) is 7.05 Å². The number of nitrogens with one attached hydrogen (secondary N) is 2. The third-order valence-electron chi connectivity index (χ3n) is 3.95. The molecule has 1 saturated carbocycles. The zero-order chi connectivity index (χ0) is 10.7. The first-order valence-electron chi connectivity index (χ1n) is 6.28. The van der Waals surface area contributed by atoms with Crippen molar-refractivity contribution in [3.8, 4) is 0 Å². The average Bonchev–Trinajstić information content (AvgIpc) is 2.68. The van der Waals surface area contributed by atoms with Crippen LogP contribution in [0.4, 0.5) is 0 Å². The van der Waals surface area contributed by atoms with E-state index in [1.807, 2.05) is 7.05 Å². The Morgan fingerprint density at radius 2 is 2.00 bits per heavy atom. The molecule has 2 rings (SSSR count). The third-order valence-corrected chi connectivity index (χ3v) is 3.95. The van der Waals surface area contributed by atoms with Gasteiger partial charge in [-0.05, 0) is 32.2 Å². The molecule has 15 heavy (non-hydrogen) atoms. The van der Waals surface area contributed by atoms with Crippen LogP contribution in [-0.2, 0) is 4.79 Å². The minimum atomic E-state index is 0.232. The van der Waals surface area contributed by atoms with Gasteiger partial charge in [0.15, 0.2) is 0 Å². The fraction of sp³-hybridized carbons (Fsp3) is 0.917. The molecular formula is C12H22N2O. The number of carbonyl (C=O) groups is 1. The van der Waals surface area contributed by atoms with Gasteiger partial charge in [0, 0.05) is 18.5 Å². The molecule has 3 nitrogen and oxygen atoms in total. The van der Waals surface area contributed by atoms with Crippen molar-refractivity contribution in [2.45, 2.75) is 57.0 Å². The van der Waals surface area contributed by atoms with Gasteiger partial charge in [0.2, 0.25) is 5.91 Å². The molecule has 2 aliphatic rings. The van der Waals surface area contributed by atoms with Crippen molar-refractivity contribution >= 4 is 5.91 Å². The lowest BCUT2D eigenvalue weighted by molar-refractivity contribution is -0.119. The summed E-state index contributed by atoms with van der Waals surface area (Å²) in [5.74, 6) is 1.00. The van der Waals surface area contributed by atoms with E-state index in [4.69, 9.17) is 0 Å². The number of carbonyl (C=O) groups excluding carboxylic acids is 1. The van der Waals surface area contributed by atoms with Crippen molar-refractivity contribution in [1.29, 1.82) is 0 Å². The summed E-state index contributed by atoms with van der Waals surface area (Å²) in [6.07, 6.45) is 8.52. The third kappa shape index (κ3) is 2.51. The maximum atomic E-state index is 11.2. The SMILES string of the molecule is CNC(C1CCCCC1)C1CCC(=O)N1. The quantitative estimate of drug-likeness (QED) is 0.740. The van der Waals surface area contributed by atoms with E-state index in [1.54, 1.807) is 0 Å². The predicted octanol–water partition coefficient (Wildman–Crippen LogP) is 1.43. The highest BCUT2D eigenvalue weighted by Crippen LogP contribution is 2.29. The highest BCUT2D eigenvalue weighted by Gasteiger charge is 2.33. The molecule has 3 heteroatoms. The molecule has 1 saturated heterocycles. The Hall–Kier alpha value is -0.570. The molecule has 2 atom stereocenters. The van der Waals surface area contributed by atoms with Gasteiger partial charge >= 0.3 is 0 Å². The van der Waals surface area contributed by atoms with Crippen LogP contribution in [0, 0.1) is 5.92 Å². The molecule has 0 radical (unpaired) electrons. The van der Waals surface area contributed by atoms with Crippen molar-refractivity contribution in [3.63, 3.8) is 0 Å². The number of amides is 1. The Labute approximate surface area is 92.0 Å². The number of hydrogen-bond donors (Lipinski definition) is 2. The standard InChI is InChI=1S/C12H22N2O/c1-13-12(9-5-3-2-4-6-9)10-7-8-11(15)14-10/h9-10,12-13H,2-8H2,1H3,(H,14,15). The molecule has 2 fully saturated rings. The van der Waals surface area contributed by atoms with Crippen molar-refractivity contribution in [3.05, 3.63) is 0 Å². The van der Waals surface area contributed by atoms with Gasteiger partial charge < -0.3 is 10.6 Å². The zero-order valence-corrected chi connectivity index (χ0v) is 9.59. The number of rotatable bonds is 3. The van der Waals surface area contributed by atoms with Crippen LogP contribution in [-0.4, -0.2) is 25.0 Å². The average molecular weight is 210 g/mol. The molecule has 0 aromatic carbocycles. The molecule has 1 aliphatic carbocycles. The highest BCUT2D eigenvalue weighted by molar-refractivity contribution is 5.78. The largest absolute Gasteiger partial charge is 0.352 e. The molecule has 0 aromatic rings. The molecule has 2 unspecified atom stereocenters. The second-order valence-corrected chi connectivity index (χ2v) is 4.93. The summed E-state index contributed by atoms with van der Waals surface area (Å²) >= 11 is 0. The van der Waals surface area contributed by atoms with Crippen LogP contribution in [0.5, 0.6) is 0 Å². The monoisotopic (exact) mass is 210 g/mol. The van der Waals surface area contributed by atoms with E-state index in [2.05, 4.69) is 10.6 Å².